The van der Waals surface area contributed by atoms with E-state index in [1.807, 2.05) is 0 Å². The molecule has 2 heterocycles. The van der Waals surface area contributed by atoms with Crippen molar-refractivity contribution in [1.82, 2.24) is 10.3 Å². The fourth-order valence-corrected chi connectivity index (χ4v) is 3.53. The number of amides is 1. The van der Waals surface area contributed by atoms with Gasteiger partial charge in [-0.25, -0.2) is 9.78 Å². The SMILES string of the molecule is C=CCCC(=O)Oc1c(C)ccnc1C(=O)NC1COC(=O)C(CC)C(OC(=O)C(C)C)C(C)OC1=O. The first-order valence-electron chi connectivity index (χ1n) is 12.2. The van der Waals surface area contributed by atoms with E-state index in [1.54, 1.807) is 39.8 Å². The van der Waals surface area contributed by atoms with Gasteiger partial charge >= 0.3 is 23.9 Å². The maximum atomic E-state index is 13.1. The molecule has 2 rings (SSSR count). The van der Waals surface area contributed by atoms with E-state index in [1.165, 1.54) is 13.1 Å². The van der Waals surface area contributed by atoms with Gasteiger partial charge in [-0.3, -0.25) is 19.2 Å². The van der Waals surface area contributed by atoms with Crippen molar-refractivity contribution in [2.75, 3.05) is 6.61 Å². The molecule has 1 amide bonds. The molecule has 1 aliphatic heterocycles. The van der Waals surface area contributed by atoms with Gasteiger partial charge in [-0.05, 0) is 38.3 Å². The average molecular weight is 519 g/mol. The van der Waals surface area contributed by atoms with Gasteiger partial charge in [0.1, 0.15) is 12.7 Å². The van der Waals surface area contributed by atoms with Crippen LogP contribution in [0.3, 0.4) is 0 Å². The van der Waals surface area contributed by atoms with Crippen LogP contribution in [0.2, 0.25) is 0 Å². The lowest BCUT2D eigenvalue weighted by atomic mass is 9.95. The fraction of sp³-hybridized carbons (Fsp3) is 0.538. The Hall–Kier alpha value is -3.76. The van der Waals surface area contributed by atoms with Crippen molar-refractivity contribution in [3.63, 3.8) is 0 Å². The average Bonchev–Trinajstić information content (AvgIpc) is 2.88. The number of nitrogens with zero attached hydrogens (tertiary/aromatic N) is 1. The van der Waals surface area contributed by atoms with Gasteiger partial charge in [0.25, 0.3) is 5.91 Å². The van der Waals surface area contributed by atoms with Crippen LogP contribution in [0, 0.1) is 18.8 Å². The number of allylic oxidation sites excluding steroid dienone is 1. The lowest BCUT2D eigenvalue weighted by Crippen LogP contribution is -2.47. The smallest absolute Gasteiger partial charge is 0.332 e. The fourth-order valence-electron chi connectivity index (χ4n) is 3.53. The lowest BCUT2D eigenvalue weighted by molar-refractivity contribution is -0.176. The predicted molar refractivity (Wildman–Crippen MR) is 130 cm³/mol. The zero-order chi connectivity index (χ0) is 27.7. The van der Waals surface area contributed by atoms with Gasteiger partial charge in [0, 0.05) is 12.6 Å². The minimum Gasteiger partial charge on any atom is -0.463 e. The van der Waals surface area contributed by atoms with Crippen molar-refractivity contribution in [3.05, 3.63) is 36.2 Å². The number of pyridine rings is 1. The molecule has 0 aromatic carbocycles. The minimum atomic E-state index is -1.39. The Labute approximate surface area is 215 Å². The van der Waals surface area contributed by atoms with Crippen LogP contribution >= 0.6 is 0 Å². The van der Waals surface area contributed by atoms with E-state index in [4.69, 9.17) is 18.9 Å². The van der Waals surface area contributed by atoms with Crippen LogP contribution in [0.25, 0.3) is 0 Å². The molecule has 0 saturated carbocycles. The molecule has 202 valence electrons. The molecule has 11 heteroatoms. The van der Waals surface area contributed by atoms with Gasteiger partial charge in [-0.15, -0.1) is 6.58 Å². The molecule has 0 aliphatic carbocycles. The summed E-state index contributed by atoms with van der Waals surface area (Å²) < 4.78 is 21.6. The number of rotatable bonds is 9. The Bertz CT molecular complexity index is 1040. The zero-order valence-electron chi connectivity index (χ0n) is 21.8. The van der Waals surface area contributed by atoms with Crippen molar-refractivity contribution in [1.29, 1.82) is 0 Å². The van der Waals surface area contributed by atoms with E-state index in [0.29, 0.717) is 12.0 Å². The molecule has 11 nitrogen and oxygen atoms in total. The molecule has 1 aromatic rings. The normalized spacial score (nSPS) is 22.0. The van der Waals surface area contributed by atoms with Crippen LogP contribution in [0.5, 0.6) is 5.75 Å². The standard InChI is InChI=1S/C26H34N2O9/c1-7-9-10-19(29)36-21-15(5)11-12-27-20(21)23(30)28-18-13-34-25(32)17(8-2)22(16(6)35-26(18)33)37-24(31)14(3)4/h7,11-12,14,16-18,22H,1,8-10,13H2,2-6H3,(H,28,30). The van der Waals surface area contributed by atoms with Crippen LogP contribution in [0.1, 0.15) is 63.0 Å². The molecule has 4 atom stereocenters. The van der Waals surface area contributed by atoms with Crippen molar-refractivity contribution < 1.29 is 42.9 Å². The minimum absolute atomic E-state index is 0.0532. The highest BCUT2D eigenvalue weighted by molar-refractivity contribution is 5.98. The van der Waals surface area contributed by atoms with Crippen LogP contribution in [-0.4, -0.2) is 59.6 Å². The quantitative estimate of drug-likeness (QED) is 0.294. The Morgan fingerprint density at radius 2 is 1.97 bits per heavy atom. The van der Waals surface area contributed by atoms with Crippen LogP contribution in [-0.2, 0) is 33.4 Å². The number of hydrogen-bond acceptors (Lipinski definition) is 10. The molecule has 1 N–H and O–H groups in total. The number of cyclic esters (lactones) is 2. The number of esters is 4. The molecule has 1 fully saturated rings. The molecule has 1 aliphatic rings. The number of hydrogen-bond donors (Lipinski definition) is 1. The van der Waals surface area contributed by atoms with E-state index in [0.717, 1.165) is 0 Å². The molecular weight excluding hydrogens is 484 g/mol. The first kappa shape index (κ1) is 29.5. The van der Waals surface area contributed by atoms with Gasteiger partial charge in [-0.1, -0.05) is 26.8 Å². The highest BCUT2D eigenvalue weighted by Crippen LogP contribution is 2.25. The number of carbonyl (C=O) groups excluding carboxylic acids is 5. The number of aromatic nitrogens is 1. The van der Waals surface area contributed by atoms with Crippen molar-refractivity contribution >= 4 is 29.8 Å². The monoisotopic (exact) mass is 518 g/mol. The Morgan fingerprint density at radius 1 is 1.27 bits per heavy atom. The molecule has 1 aromatic heterocycles. The van der Waals surface area contributed by atoms with Gasteiger partial charge in [0.05, 0.1) is 11.8 Å². The summed E-state index contributed by atoms with van der Waals surface area (Å²) in [4.78, 5) is 67.2. The second-order valence-electron chi connectivity index (χ2n) is 8.98. The maximum Gasteiger partial charge on any atom is 0.332 e. The van der Waals surface area contributed by atoms with E-state index in [-0.39, 0.29) is 24.3 Å². The van der Waals surface area contributed by atoms with Crippen LogP contribution in [0.4, 0.5) is 0 Å². The predicted octanol–water partition coefficient (Wildman–Crippen LogP) is 2.44. The van der Waals surface area contributed by atoms with Crippen LogP contribution < -0.4 is 10.1 Å². The second-order valence-corrected chi connectivity index (χ2v) is 8.98. The second kappa shape index (κ2) is 13.5. The van der Waals surface area contributed by atoms with E-state index >= 15 is 0 Å². The highest BCUT2D eigenvalue weighted by Gasteiger charge is 2.41. The number of carbonyl (C=O) groups is 5. The molecule has 0 radical (unpaired) electrons. The summed E-state index contributed by atoms with van der Waals surface area (Å²) in [6.07, 6.45) is 1.57. The lowest BCUT2D eigenvalue weighted by Gasteiger charge is -2.29. The summed E-state index contributed by atoms with van der Waals surface area (Å²) in [6.45, 7) is 11.2. The maximum absolute atomic E-state index is 13.1. The third-order valence-corrected chi connectivity index (χ3v) is 5.69. The van der Waals surface area contributed by atoms with E-state index in [9.17, 15) is 24.0 Å². The third kappa shape index (κ3) is 7.86. The Kier molecular flexibility index (Phi) is 10.8. The molecular formula is C26H34N2O9. The van der Waals surface area contributed by atoms with Gasteiger partial charge in [-0.2, -0.15) is 0 Å². The molecule has 37 heavy (non-hydrogen) atoms. The highest BCUT2D eigenvalue weighted by atomic mass is 16.6. The van der Waals surface area contributed by atoms with Crippen molar-refractivity contribution in [3.8, 4) is 5.75 Å². The zero-order valence-corrected chi connectivity index (χ0v) is 21.8. The number of ether oxygens (including phenoxy) is 4. The molecule has 4 unspecified atom stereocenters. The first-order chi connectivity index (χ1) is 17.5. The third-order valence-electron chi connectivity index (χ3n) is 5.69. The summed E-state index contributed by atoms with van der Waals surface area (Å²) in [5.41, 5.74) is 0.249. The van der Waals surface area contributed by atoms with Crippen molar-refractivity contribution in [2.45, 2.75) is 72.1 Å². The van der Waals surface area contributed by atoms with Crippen molar-refractivity contribution in [2.24, 2.45) is 11.8 Å². The summed E-state index contributed by atoms with van der Waals surface area (Å²) in [5, 5.41) is 2.44. The van der Waals surface area contributed by atoms with Gasteiger partial charge < -0.3 is 24.3 Å². The first-order valence-corrected chi connectivity index (χ1v) is 12.2. The summed E-state index contributed by atoms with van der Waals surface area (Å²) >= 11 is 0. The van der Waals surface area contributed by atoms with Gasteiger partial charge in [0.2, 0.25) is 0 Å². The topological polar surface area (TPSA) is 147 Å². The van der Waals surface area contributed by atoms with Gasteiger partial charge in [0.15, 0.2) is 23.6 Å². The van der Waals surface area contributed by atoms with E-state index in [2.05, 4.69) is 16.9 Å². The Morgan fingerprint density at radius 3 is 2.59 bits per heavy atom. The molecule has 0 spiro atoms. The van der Waals surface area contributed by atoms with Crippen LogP contribution in [0.15, 0.2) is 24.9 Å². The van der Waals surface area contributed by atoms with E-state index < -0.39 is 66.5 Å². The molecule has 1 saturated heterocycles. The number of nitrogens with one attached hydrogen (secondary N) is 1. The number of aryl methyl sites for hydroxylation is 1. The molecule has 0 bridgehead atoms. The summed E-state index contributed by atoms with van der Waals surface area (Å²) in [7, 11) is 0. The summed E-state index contributed by atoms with van der Waals surface area (Å²) in [5.74, 6) is -4.95. The summed E-state index contributed by atoms with van der Waals surface area (Å²) in [6, 6.07) is 0.177. The Balaban J connectivity index is 2.26. The largest absolute Gasteiger partial charge is 0.463 e.